The summed E-state index contributed by atoms with van der Waals surface area (Å²) < 4.78 is 12.1. The van der Waals surface area contributed by atoms with Crippen LogP contribution < -0.4 is 0 Å². The van der Waals surface area contributed by atoms with Crippen molar-refractivity contribution < 1.29 is 45.2 Å². The lowest BCUT2D eigenvalue weighted by Gasteiger charge is -2.73. The lowest BCUT2D eigenvalue weighted by Crippen LogP contribution is -2.70. The van der Waals surface area contributed by atoms with Crippen LogP contribution in [0.3, 0.4) is 0 Å². The van der Waals surface area contributed by atoms with Gasteiger partial charge in [0.05, 0.1) is 31.0 Å². The molecule has 0 spiro atoms. The predicted octanol–water partition coefficient (Wildman–Crippen LogP) is 2.76. The van der Waals surface area contributed by atoms with E-state index in [9.17, 15) is 35.7 Å². The molecule has 5 fully saturated rings. The molecule has 6 aliphatic rings. The van der Waals surface area contributed by atoms with Crippen LogP contribution in [0.2, 0.25) is 0 Å². The van der Waals surface area contributed by atoms with Crippen LogP contribution in [-0.2, 0) is 9.47 Å². The third-order valence-electron chi connectivity index (χ3n) is 15.5. The minimum atomic E-state index is -1.51. The van der Waals surface area contributed by atoms with Crippen LogP contribution in [0.5, 0.6) is 0 Å². The molecule has 9 nitrogen and oxygen atoms in total. The van der Waals surface area contributed by atoms with Gasteiger partial charge in [0, 0.05) is 5.41 Å². The van der Waals surface area contributed by atoms with Gasteiger partial charge < -0.3 is 45.2 Å². The third kappa shape index (κ3) is 4.51. The average molecular weight is 637 g/mol. The first-order chi connectivity index (χ1) is 20.8. The van der Waals surface area contributed by atoms with Gasteiger partial charge >= 0.3 is 0 Å². The van der Waals surface area contributed by atoms with Gasteiger partial charge in [-0.2, -0.15) is 0 Å². The fourth-order valence-electron chi connectivity index (χ4n) is 12.7. The quantitative estimate of drug-likeness (QED) is 0.183. The first-order valence-corrected chi connectivity index (χ1v) is 17.5. The largest absolute Gasteiger partial charge is 0.394 e. The average Bonchev–Trinajstić information content (AvgIpc) is 2.94. The first kappa shape index (κ1) is 34.3. The summed E-state index contributed by atoms with van der Waals surface area (Å²) in [5.41, 5.74) is -0.285. The van der Waals surface area contributed by atoms with Gasteiger partial charge in [-0.1, -0.05) is 67.0 Å². The Balaban J connectivity index is 1.33. The highest BCUT2D eigenvalue weighted by molar-refractivity contribution is 5.35. The fourth-order valence-corrected chi connectivity index (χ4v) is 12.7. The van der Waals surface area contributed by atoms with Crippen molar-refractivity contribution in [3.05, 3.63) is 11.6 Å². The van der Waals surface area contributed by atoms with Crippen molar-refractivity contribution in [3.8, 4) is 0 Å². The molecule has 1 saturated heterocycles. The Morgan fingerprint density at radius 1 is 0.822 bits per heavy atom. The van der Waals surface area contributed by atoms with Gasteiger partial charge in [0.2, 0.25) is 0 Å². The number of hydrogen-bond donors (Lipinski definition) is 7. The molecule has 7 N–H and O–H groups in total. The van der Waals surface area contributed by atoms with Gasteiger partial charge in [-0.05, 0) is 89.8 Å². The molecule has 4 saturated carbocycles. The summed E-state index contributed by atoms with van der Waals surface area (Å²) in [5.74, 6) is 0.683. The number of aliphatic hydroxyl groups excluding tert-OH is 7. The summed E-state index contributed by atoms with van der Waals surface area (Å²) in [5, 5.41) is 76.2. The van der Waals surface area contributed by atoms with E-state index in [2.05, 4.69) is 61.5 Å². The van der Waals surface area contributed by atoms with E-state index < -0.39 is 67.1 Å². The van der Waals surface area contributed by atoms with Crippen molar-refractivity contribution in [1.82, 2.24) is 0 Å². The Morgan fingerprint density at radius 3 is 2.13 bits per heavy atom. The minimum absolute atomic E-state index is 0.118. The molecule has 1 unspecified atom stereocenters. The summed E-state index contributed by atoms with van der Waals surface area (Å²) in [6, 6.07) is 0. The Bertz CT molecular complexity index is 1170. The highest BCUT2D eigenvalue weighted by Crippen LogP contribution is 2.75. The van der Waals surface area contributed by atoms with E-state index in [1.54, 1.807) is 0 Å². The van der Waals surface area contributed by atoms with E-state index in [0.717, 1.165) is 12.8 Å². The molecule has 1 heterocycles. The summed E-state index contributed by atoms with van der Waals surface area (Å²) in [4.78, 5) is 0. The summed E-state index contributed by atoms with van der Waals surface area (Å²) in [7, 11) is 0. The molecule has 9 heteroatoms. The van der Waals surface area contributed by atoms with E-state index >= 15 is 0 Å². The standard InChI is InChI=1S/C36H60O9/c1-17-18(2)26-19-9-10-23-33(5)12-11-25(45-31-29(43)28(42)27(41)22(16-37)44-31)32(3,4)30(33)21(39)14-36(23,8)35(19,7)15-24(40)34(26,6)13-20(17)38/h9,17-18,20-31,37-43H,10-16H2,1-8H3/t17-,18-,20-,21+,22+,23+,24-,25-,26-,27+,28-,29+,30?,31-,33+,34+,35+,36+/m0/s1. The van der Waals surface area contributed by atoms with Crippen LogP contribution in [0, 0.1) is 56.7 Å². The Hall–Kier alpha value is -0.620. The molecule has 0 aromatic carbocycles. The van der Waals surface area contributed by atoms with Crippen LogP contribution in [0.15, 0.2) is 11.6 Å². The maximum atomic E-state index is 12.3. The number of ether oxygens (including phenoxy) is 2. The van der Waals surface area contributed by atoms with Gasteiger partial charge in [-0.3, -0.25) is 0 Å². The van der Waals surface area contributed by atoms with Crippen LogP contribution in [0.1, 0.15) is 93.9 Å². The molecule has 0 aromatic heterocycles. The monoisotopic (exact) mass is 636 g/mol. The molecule has 0 aromatic rings. The van der Waals surface area contributed by atoms with Gasteiger partial charge in [0.1, 0.15) is 24.4 Å². The smallest absolute Gasteiger partial charge is 0.186 e. The van der Waals surface area contributed by atoms with Gasteiger partial charge in [-0.15, -0.1) is 0 Å². The van der Waals surface area contributed by atoms with Crippen molar-refractivity contribution in [2.75, 3.05) is 6.61 Å². The number of rotatable bonds is 3. The van der Waals surface area contributed by atoms with Crippen LogP contribution in [0.25, 0.3) is 0 Å². The molecule has 1 aliphatic heterocycles. The van der Waals surface area contributed by atoms with Crippen molar-refractivity contribution in [2.24, 2.45) is 56.7 Å². The van der Waals surface area contributed by atoms with Crippen molar-refractivity contribution >= 4 is 0 Å². The van der Waals surface area contributed by atoms with Gasteiger partial charge in [-0.25, -0.2) is 0 Å². The number of allylic oxidation sites excluding steroid dienone is 2. The molecular formula is C36H60O9. The Kier molecular flexibility index (Phi) is 8.33. The third-order valence-corrected chi connectivity index (χ3v) is 15.5. The molecule has 258 valence electrons. The molecule has 5 aliphatic carbocycles. The summed E-state index contributed by atoms with van der Waals surface area (Å²) >= 11 is 0. The SMILES string of the molecule is C[C@H]1[C@H](C)[C@@H](O)C[C@@]2(C)[C@@H]1C1=CC[C@@H]3[C@@]4(C)CC[C@H](O[C@@H]5O[C@H](CO)[C@@H](O)[C@H](O)[C@H]5O)C(C)(C)C4[C@H](O)C[C@@]3(C)[C@]1(C)C[C@@H]2O. The van der Waals surface area contributed by atoms with E-state index in [4.69, 9.17) is 9.47 Å². The number of hydrogen-bond acceptors (Lipinski definition) is 9. The van der Waals surface area contributed by atoms with E-state index in [-0.39, 0.29) is 51.2 Å². The van der Waals surface area contributed by atoms with Crippen LogP contribution >= 0.6 is 0 Å². The highest BCUT2D eigenvalue weighted by Gasteiger charge is 2.72. The predicted molar refractivity (Wildman–Crippen MR) is 167 cm³/mol. The van der Waals surface area contributed by atoms with Crippen molar-refractivity contribution in [2.45, 2.75) is 149 Å². The molecule has 0 radical (unpaired) electrons. The second kappa shape index (κ2) is 10.9. The number of aliphatic hydroxyl groups is 7. The summed E-state index contributed by atoms with van der Waals surface area (Å²) in [6.07, 6.45) is -1.99. The highest BCUT2D eigenvalue weighted by atomic mass is 16.7. The van der Waals surface area contributed by atoms with E-state index in [1.807, 2.05) is 0 Å². The fraction of sp³-hybridized carbons (Fsp3) is 0.944. The minimum Gasteiger partial charge on any atom is -0.394 e. The molecule has 0 amide bonds. The summed E-state index contributed by atoms with van der Waals surface area (Å²) in [6.45, 7) is 17.3. The normalized spacial score (nSPS) is 59.2. The number of fused-ring (bicyclic) bond motifs is 7. The second-order valence-corrected chi connectivity index (χ2v) is 17.8. The molecule has 18 atom stereocenters. The molecule has 6 rings (SSSR count). The Morgan fingerprint density at radius 2 is 1.49 bits per heavy atom. The zero-order valence-corrected chi connectivity index (χ0v) is 28.6. The molecule has 0 bridgehead atoms. The van der Waals surface area contributed by atoms with Crippen LogP contribution in [-0.4, -0.2) is 97.5 Å². The molecular weight excluding hydrogens is 576 g/mol. The second-order valence-electron chi connectivity index (χ2n) is 17.8. The topological polar surface area (TPSA) is 160 Å². The van der Waals surface area contributed by atoms with Crippen molar-refractivity contribution in [3.63, 3.8) is 0 Å². The zero-order valence-electron chi connectivity index (χ0n) is 28.6. The van der Waals surface area contributed by atoms with Gasteiger partial charge in [0.25, 0.3) is 0 Å². The zero-order chi connectivity index (χ0) is 33.2. The maximum absolute atomic E-state index is 12.3. The van der Waals surface area contributed by atoms with Crippen LogP contribution in [0.4, 0.5) is 0 Å². The molecule has 45 heavy (non-hydrogen) atoms. The first-order valence-electron chi connectivity index (χ1n) is 17.5. The van der Waals surface area contributed by atoms with Gasteiger partial charge in [0.15, 0.2) is 6.29 Å². The lowest BCUT2D eigenvalue weighted by atomic mass is 9.32. The van der Waals surface area contributed by atoms with Crippen molar-refractivity contribution in [1.29, 1.82) is 0 Å². The Labute approximate surface area is 269 Å². The van der Waals surface area contributed by atoms with E-state index in [0.29, 0.717) is 25.7 Å². The maximum Gasteiger partial charge on any atom is 0.186 e. The lowest BCUT2D eigenvalue weighted by molar-refractivity contribution is -0.334. The van der Waals surface area contributed by atoms with E-state index in [1.165, 1.54) is 5.57 Å².